The van der Waals surface area contributed by atoms with Crippen LogP contribution in [-0.4, -0.2) is 47.2 Å². The van der Waals surface area contributed by atoms with Gasteiger partial charge >= 0.3 is 5.97 Å². The molecule has 1 atom stereocenters. The number of amides is 1. The summed E-state index contributed by atoms with van der Waals surface area (Å²) in [5, 5.41) is 2.79. The minimum Gasteiger partial charge on any atom is -0.462 e. The van der Waals surface area contributed by atoms with E-state index in [9.17, 15) is 18.8 Å². The molecule has 1 unspecified atom stereocenters. The van der Waals surface area contributed by atoms with Gasteiger partial charge in [0.05, 0.1) is 29.4 Å². The number of nitrogens with one attached hydrogen (secondary N) is 1. The number of halogens is 2. The molecule has 8 nitrogen and oxygen atoms in total. The van der Waals surface area contributed by atoms with Gasteiger partial charge in [0.1, 0.15) is 23.0 Å². The van der Waals surface area contributed by atoms with Crippen molar-refractivity contribution in [2.45, 2.75) is 26.3 Å². The maximum absolute atomic E-state index is 15.2. The Morgan fingerprint density at radius 2 is 2.06 bits per heavy atom. The molecule has 0 radical (unpaired) electrons. The van der Waals surface area contributed by atoms with Gasteiger partial charge < -0.3 is 19.5 Å². The lowest BCUT2D eigenvalue weighted by Crippen LogP contribution is -2.35. The van der Waals surface area contributed by atoms with Gasteiger partial charge in [-0.1, -0.05) is 0 Å². The van der Waals surface area contributed by atoms with Crippen LogP contribution in [0.4, 0.5) is 14.5 Å². The van der Waals surface area contributed by atoms with E-state index in [2.05, 4.69) is 10.3 Å². The number of fused-ring (bicyclic) bond motifs is 1. The Bertz CT molecular complexity index is 1290. The van der Waals surface area contributed by atoms with E-state index in [1.54, 1.807) is 11.8 Å². The van der Waals surface area contributed by atoms with E-state index in [1.807, 2.05) is 0 Å². The number of carbonyl (C=O) groups excluding carboxylic acids is 2. The lowest BCUT2D eigenvalue weighted by Gasteiger charge is -2.21. The fourth-order valence-corrected chi connectivity index (χ4v) is 4.02. The van der Waals surface area contributed by atoms with Crippen molar-refractivity contribution < 1.29 is 23.1 Å². The molecule has 1 saturated heterocycles. The summed E-state index contributed by atoms with van der Waals surface area (Å²) in [4.78, 5) is 42.6. The number of hydrogen-bond acceptors (Lipinski definition) is 6. The largest absolute Gasteiger partial charge is 0.462 e. The van der Waals surface area contributed by atoms with Crippen molar-refractivity contribution in [3.05, 3.63) is 64.1 Å². The second-order valence-electron chi connectivity index (χ2n) is 7.75. The number of carbonyl (C=O) groups is 2. The molecule has 1 aliphatic rings. The lowest BCUT2D eigenvalue weighted by molar-refractivity contribution is -0.119. The van der Waals surface area contributed by atoms with Crippen LogP contribution >= 0.6 is 0 Å². The Balaban J connectivity index is 1.89. The van der Waals surface area contributed by atoms with Gasteiger partial charge in [-0.25, -0.2) is 18.6 Å². The van der Waals surface area contributed by atoms with Crippen molar-refractivity contribution in [1.82, 2.24) is 14.9 Å². The molecule has 172 valence electrons. The summed E-state index contributed by atoms with van der Waals surface area (Å²) in [7, 11) is 0. The van der Waals surface area contributed by atoms with Crippen molar-refractivity contribution in [3.63, 3.8) is 0 Å². The molecule has 0 saturated carbocycles. The molecule has 0 spiro atoms. The number of benzene rings is 1. The monoisotopic (exact) mass is 456 g/mol. The van der Waals surface area contributed by atoms with Crippen LogP contribution in [0.25, 0.3) is 16.7 Å². The average Bonchev–Trinajstić information content (AvgIpc) is 3.22. The first-order valence-corrected chi connectivity index (χ1v) is 10.5. The summed E-state index contributed by atoms with van der Waals surface area (Å²) >= 11 is 0. The highest BCUT2D eigenvalue weighted by molar-refractivity contribution is 5.95. The fraction of sp³-hybridized carbons (Fsp3) is 0.304. The number of ether oxygens (including phenoxy) is 1. The van der Waals surface area contributed by atoms with Crippen LogP contribution in [0.5, 0.6) is 0 Å². The van der Waals surface area contributed by atoms with Crippen molar-refractivity contribution in [1.29, 1.82) is 0 Å². The summed E-state index contributed by atoms with van der Waals surface area (Å²) in [5.41, 5.74) is -0.416. The molecule has 1 aliphatic heterocycles. The van der Waals surface area contributed by atoms with Crippen LogP contribution in [0, 0.1) is 11.6 Å². The molecule has 1 amide bonds. The highest BCUT2D eigenvalue weighted by atomic mass is 19.1. The van der Waals surface area contributed by atoms with Gasteiger partial charge in [0.15, 0.2) is 0 Å². The number of hydrogen-bond donors (Lipinski definition) is 1. The molecule has 33 heavy (non-hydrogen) atoms. The molecule has 2 aromatic heterocycles. The molecule has 1 fully saturated rings. The second-order valence-corrected chi connectivity index (χ2v) is 7.75. The Labute approximate surface area is 187 Å². The number of pyridine rings is 2. The van der Waals surface area contributed by atoms with Crippen LogP contribution in [-0.2, 0) is 9.53 Å². The van der Waals surface area contributed by atoms with Gasteiger partial charge in [-0.15, -0.1) is 0 Å². The van der Waals surface area contributed by atoms with Gasteiger partial charge in [-0.2, -0.15) is 0 Å². The molecule has 1 aromatic carbocycles. The maximum Gasteiger partial charge on any atom is 0.343 e. The van der Waals surface area contributed by atoms with E-state index in [0.717, 1.165) is 12.3 Å². The van der Waals surface area contributed by atoms with Gasteiger partial charge in [-0.3, -0.25) is 9.59 Å². The summed E-state index contributed by atoms with van der Waals surface area (Å²) in [6.45, 7) is 4.00. The zero-order chi connectivity index (χ0) is 23.7. The predicted octanol–water partition coefficient (Wildman–Crippen LogP) is 2.56. The molecule has 3 heterocycles. The minimum absolute atomic E-state index is 0.0365. The summed E-state index contributed by atoms with van der Waals surface area (Å²) in [6, 6.07) is 5.05. The van der Waals surface area contributed by atoms with Crippen molar-refractivity contribution >= 4 is 28.5 Å². The summed E-state index contributed by atoms with van der Waals surface area (Å²) in [5.74, 6) is -1.96. The van der Waals surface area contributed by atoms with Crippen molar-refractivity contribution in [2.24, 2.45) is 0 Å². The average molecular weight is 456 g/mol. The van der Waals surface area contributed by atoms with Crippen LogP contribution in [0.15, 0.2) is 41.5 Å². The molecular weight excluding hydrogens is 434 g/mol. The smallest absolute Gasteiger partial charge is 0.343 e. The third-order valence-corrected chi connectivity index (χ3v) is 5.46. The highest BCUT2D eigenvalue weighted by Gasteiger charge is 2.27. The minimum atomic E-state index is -0.845. The van der Waals surface area contributed by atoms with Gasteiger partial charge in [0, 0.05) is 32.3 Å². The van der Waals surface area contributed by atoms with Gasteiger partial charge in [0.2, 0.25) is 11.3 Å². The van der Waals surface area contributed by atoms with Crippen LogP contribution < -0.4 is 15.6 Å². The van der Waals surface area contributed by atoms with E-state index in [1.165, 1.54) is 35.9 Å². The first-order chi connectivity index (χ1) is 15.8. The number of anilines is 1. The Kier molecular flexibility index (Phi) is 6.08. The standard InChI is InChI=1S/C23H22F2N4O4/c1-3-33-23(32)17-12-29(21-5-4-14(24)10-26-21)19-9-20(18(25)8-16(19)22(17)31)28-7-6-15(11-28)27-13(2)30/h4-5,8-10,12,15H,3,6-7,11H2,1-2H3,(H,27,30). The molecular formula is C23H22F2N4O4. The second kappa shape index (κ2) is 8.97. The highest BCUT2D eigenvalue weighted by Crippen LogP contribution is 2.29. The molecule has 4 rings (SSSR count). The van der Waals surface area contributed by atoms with E-state index in [-0.39, 0.29) is 41.0 Å². The first-order valence-electron chi connectivity index (χ1n) is 10.5. The Hall–Kier alpha value is -3.82. The molecule has 1 N–H and O–H groups in total. The predicted molar refractivity (Wildman–Crippen MR) is 118 cm³/mol. The third kappa shape index (κ3) is 4.41. The fourth-order valence-electron chi connectivity index (χ4n) is 4.02. The maximum atomic E-state index is 15.2. The van der Waals surface area contributed by atoms with E-state index in [4.69, 9.17) is 4.74 Å². The van der Waals surface area contributed by atoms with E-state index < -0.39 is 23.0 Å². The Morgan fingerprint density at radius 1 is 1.27 bits per heavy atom. The zero-order valence-corrected chi connectivity index (χ0v) is 18.1. The van der Waals surface area contributed by atoms with Crippen LogP contribution in [0.2, 0.25) is 0 Å². The molecule has 0 aliphatic carbocycles. The number of nitrogens with zero attached hydrogens (tertiary/aromatic N) is 3. The first kappa shape index (κ1) is 22.4. The summed E-state index contributed by atoms with van der Waals surface area (Å²) < 4.78 is 35.0. The quantitative estimate of drug-likeness (QED) is 0.594. The lowest BCUT2D eigenvalue weighted by atomic mass is 10.1. The molecule has 10 heteroatoms. The van der Waals surface area contributed by atoms with Crippen LogP contribution in [0.1, 0.15) is 30.6 Å². The van der Waals surface area contributed by atoms with Crippen molar-refractivity contribution in [3.8, 4) is 5.82 Å². The van der Waals surface area contributed by atoms with E-state index >= 15 is 4.39 Å². The van der Waals surface area contributed by atoms with Crippen molar-refractivity contribution in [2.75, 3.05) is 24.6 Å². The normalized spacial score (nSPS) is 15.6. The molecule has 0 bridgehead atoms. The zero-order valence-electron chi connectivity index (χ0n) is 18.1. The van der Waals surface area contributed by atoms with Crippen LogP contribution in [0.3, 0.4) is 0 Å². The SMILES string of the molecule is CCOC(=O)c1cn(-c2ccc(F)cn2)c2cc(N3CCC(NC(C)=O)C3)c(F)cc2c1=O. The molecule has 3 aromatic rings. The Morgan fingerprint density at radius 3 is 2.73 bits per heavy atom. The third-order valence-electron chi connectivity index (χ3n) is 5.46. The number of aromatic nitrogens is 2. The topological polar surface area (TPSA) is 93.5 Å². The van der Waals surface area contributed by atoms with Gasteiger partial charge in [-0.05, 0) is 37.6 Å². The van der Waals surface area contributed by atoms with Gasteiger partial charge in [0.25, 0.3) is 0 Å². The number of esters is 1. The number of rotatable bonds is 5. The van der Waals surface area contributed by atoms with E-state index in [0.29, 0.717) is 25.0 Å². The summed E-state index contributed by atoms with van der Waals surface area (Å²) in [6.07, 6.45) is 2.92.